The van der Waals surface area contributed by atoms with E-state index in [4.69, 9.17) is 5.73 Å². The van der Waals surface area contributed by atoms with Gasteiger partial charge < -0.3 is 15.5 Å². The number of thiophene rings is 1. The predicted octanol–water partition coefficient (Wildman–Crippen LogP) is 4.23. The molecule has 2 amide bonds. The highest BCUT2D eigenvalue weighted by Gasteiger charge is 2.32. The van der Waals surface area contributed by atoms with Crippen LogP contribution in [0, 0.1) is 0 Å². The van der Waals surface area contributed by atoms with E-state index in [1.807, 2.05) is 41.3 Å². The molecular weight excluding hydrogens is 420 g/mol. The number of piperidine rings is 1. The molecule has 1 atom stereocenters. The van der Waals surface area contributed by atoms with E-state index in [9.17, 15) is 9.59 Å². The molecule has 2 fully saturated rings. The summed E-state index contributed by atoms with van der Waals surface area (Å²) in [5, 5.41) is 1.07. The van der Waals surface area contributed by atoms with E-state index < -0.39 is 5.91 Å². The summed E-state index contributed by atoms with van der Waals surface area (Å²) in [5.41, 5.74) is 7.38. The Hall–Kier alpha value is -2.93. The first-order valence-electron chi connectivity index (χ1n) is 11.4. The highest BCUT2D eigenvalue weighted by atomic mass is 32.1. The zero-order valence-electron chi connectivity index (χ0n) is 18.1. The van der Waals surface area contributed by atoms with E-state index >= 15 is 0 Å². The van der Waals surface area contributed by atoms with Gasteiger partial charge in [-0.3, -0.25) is 9.59 Å². The van der Waals surface area contributed by atoms with Crippen LogP contribution in [0.1, 0.15) is 57.7 Å². The molecule has 6 nitrogen and oxygen atoms in total. The molecule has 0 unspecified atom stereocenters. The number of hydrogen-bond donors (Lipinski definition) is 1. The van der Waals surface area contributed by atoms with Crippen LogP contribution in [0.15, 0.2) is 42.6 Å². The lowest BCUT2D eigenvalue weighted by molar-refractivity contribution is 0.0736. The highest BCUT2D eigenvalue weighted by molar-refractivity contribution is 7.21. The summed E-state index contributed by atoms with van der Waals surface area (Å²) >= 11 is 1.45. The molecule has 4 heterocycles. The Morgan fingerprint density at radius 2 is 1.88 bits per heavy atom. The molecule has 5 rings (SSSR count). The number of nitrogens with two attached hydrogens (primary N) is 1. The number of nitrogens with zero attached hydrogens (tertiary/aromatic N) is 3. The van der Waals surface area contributed by atoms with Gasteiger partial charge in [-0.1, -0.05) is 18.2 Å². The van der Waals surface area contributed by atoms with Crippen LogP contribution in [0.25, 0.3) is 10.1 Å². The monoisotopic (exact) mass is 448 g/mol. The third-order valence-electron chi connectivity index (χ3n) is 6.67. The molecule has 0 saturated carbocycles. The van der Waals surface area contributed by atoms with Crippen LogP contribution in [-0.4, -0.2) is 47.4 Å². The molecule has 2 aromatic heterocycles. The van der Waals surface area contributed by atoms with Crippen molar-refractivity contribution in [3.05, 3.63) is 58.6 Å². The van der Waals surface area contributed by atoms with Crippen LogP contribution in [-0.2, 0) is 6.42 Å². The molecule has 2 aliphatic heterocycles. The van der Waals surface area contributed by atoms with E-state index in [2.05, 4.69) is 9.88 Å². The molecule has 2 aliphatic rings. The molecule has 2 N–H and O–H groups in total. The Balaban J connectivity index is 1.40. The molecule has 32 heavy (non-hydrogen) atoms. The fourth-order valence-corrected chi connectivity index (χ4v) is 6.15. The molecule has 0 spiro atoms. The number of carbonyl (C=O) groups excluding carboxylic acids is 2. The summed E-state index contributed by atoms with van der Waals surface area (Å²) in [5.74, 6) is 0.553. The van der Waals surface area contributed by atoms with Crippen molar-refractivity contribution >= 4 is 39.1 Å². The lowest BCUT2D eigenvalue weighted by Crippen LogP contribution is -2.37. The van der Waals surface area contributed by atoms with E-state index in [0.29, 0.717) is 16.9 Å². The van der Waals surface area contributed by atoms with Gasteiger partial charge in [0, 0.05) is 42.1 Å². The Morgan fingerprint density at radius 1 is 1.06 bits per heavy atom. The Morgan fingerprint density at radius 3 is 2.69 bits per heavy atom. The Bertz CT molecular complexity index is 1150. The molecule has 7 heteroatoms. The number of fused-ring (bicyclic) bond motifs is 1. The second-order valence-electron chi connectivity index (χ2n) is 8.72. The standard InChI is InChI=1S/C25H28N4O2S/c26-24(30)23-20(19-8-2-3-9-21(19)32-23)16-18-7-6-14-29(18)25(31)17-10-11-27-22(15-17)28-12-4-1-5-13-28/h2-3,8-11,15,18H,1,4-7,12-14,16H2,(H2,26,30)/t18-/m1/s1. The number of primary amides is 1. The maximum absolute atomic E-state index is 13.5. The van der Waals surface area contributed by atoms with E-state index in [0.717, 1.165) is 53.9 Å². The molecule has 166 valence electrons. The van der Waals surface area contributed by atoms with E-state index in [1.54, 1.807) is 6.20 Å². The number of amides is 2. The van der Waals surface area contributed by atoms with Gasteiger partial charge in [-0.05, 0) is 67.7 Å². The van der Waals surface area contributed by atoms with Crippen LogP contribution in [0.4, 0.5) is 5.82 Å². The van der Waals surface area contributed by atoms with E-state index in [-0.39, 0.29) is 11.9 Å². The van der Waals surface area contributed by atoms with Crippen molar-refractivity contribution < 1.29 is 9.59 Å². The number of carbonyl (C=O) groups is 2. The number of aromatic nitrogens is 1. The summed E-state index contributed by atoms with van der Waals surface area (Å²) in [6, 6.07) is 11.8. The van der Waals surface area contributed by atoms with Gasteiger partial charge in [0.05, 0.1) is 4.88 Å². The van der Waals surface area contributed by atoms with Crippen LogP contribution >= 0.6 is 11.3 Å². The topological polar surface area (TPSA) is 79.5 Å². The largest absolute Gasteiger partial charge is 0.365 e. The van der Waals surface area contributed by atoms with Gasteiger partial charge in [0.2, 0.25) is 0 Å². The first-order chi connectivity index (χ1) is 15.6. The second-order valence-corrected chi connectivity index (χ2v) is 9.77. The average Bonchev–Trinajstić information content (AvgIpc) is 3.45. The number of likely N-dealkylation sites (tertiary alicyclic amines) is 1. The molecular formula is C25H28N4O2S. The first kappa shape index (κ1) is 20.9. The normalized spacial score (nSPS) is 18.9. The van der Waals surface area contributed by atoms with Crippen LogP contribution in [0.2, 0.25) is 0 Å². The third kappa shape index (κ3) is 3.97. The number of benzene rings is 1. The SMILES string of the molecule is NC(=O)c1sc2ccccc2c1C[C@H]1CCCN1C(=O)c1ccnc(N2CCCCC2)c1. The zero-order valence-corrected chi connectivity index (χ0v) is 18.9. The van der Waals surface area contributed by atoms with Gasteiger partial charge in [0.1, 0.15) is 5.82 Å². The Kier molecular flexibility index (Phi) is 5.83. The summed E-state index contributed by atoms with van der Waals surface area (Å²) < 4.78 is 1.06. The molecule has 0 aliphatic carbocycles. The van der Waals surface area contributed by atoms with Crippen LogP contribution in [0.3, 0.4) is 0 Å². The van der Waals surface area contributed by atoms with Crippen molar-refractivity contribution in [2.24, 2.45) is 5.73 Å². The first-order valence-corrected chi connectivity index (χ1v) is 12.3. The highest BCUT2D eigenvalue weighted by Crippen LogP contribution is 2.34. The number of anilines is 1. The van der Waals surface area contributed by atoms with Crippen LogP contribution < -0.4 is 10.6 Å². The van der Waals surface area contributed by atoms with Crippen molar-refractivity contribution in [3.8, 4) is 0 Å². The molecule has 3 aromatic rings. The third-order valence-corrected chi connectivity index (χ3v) is 7.90. The lowest BCUT2D eigenvalue weighted by atomic mass is 10.00. The minimum absolute atomic E-state index is 0.0494. The van der Waals surface area contributed by atoms with Gasteiger partial charge in [-0.15, -0.1) is 11.3 Å². The van der Waals surface area contributed by atoms with Crippen LogP contribution in [0.5, 0.6) is 0 Å². The van der Waals surface area contributed by atoms with Crippen molar-refractivity contribution in [1.29, 1.82) is 0 Å². The van der Waals surface area contributed by atoms with Crippen molar-refractivity contribution in [1.82, 2.24) is 9.88 Å². The van der Waals surface area contributed by atoms with Crippen molar-refractivity contribution in [2.75, 3.05) is 24.5 Å². The quantitative estimate of drug-likeness (QED) is 0.633. The maximum atomic E-state index is 13.5. The zero-order chi connectivity index (χ0) is 22.1. The van der Waals surface area contributed by atoms with Gasteiger partial charge in [-0.25, -0.2) is 4.98 Å². The lowest BCUT2D eigenvalue weighted by Gasteiger charge is -2.29. The second kappa shape index (κ2) is 8.90. The molecule has 2 saturated heterocycles. The summed E-state index contributed by atoms with van der Waals surface area (Å²) in [6.07, 6.45) is 7.90. The van der Waals surface area contributed by atoms with E-state index in [1.165, 1.54) is 30.6 Å². The molecule has 1 aromatic carbocycles. The smallest absolute Gasteiger partial charge is 0.259 e. The van der Waals surface area contributed by atoms with Gasteiger partial charge in [-0.2, -0.15) is 0 Å². The van der Waals surface area contributed by atoms with Gasteiger partial charge in [0.15, 0.2) is 0 Å². The summed E-state index contributed by atoms with van der Waals surface area (Å²) in [6.45, 7) is 2.73. The van der Waals surface area contributed by atoms with Gasteiger partial charge >= 0.3 is 0 Å². The number of hydrogen-bond acceptors (Lipinski definition) is 5. The predicted molar refractivity (Wildman–Crippen MR) is 128 cm³/mol. The molecule has 0 bridgehead atoms. The average molecular weight is 449 g/mol. The maximum Gasteiger partial charge on any atom is 0.259 e. The fraction of sp³-hybridized carbons (Fsp3) is 0.400. The van der Waals surface area contributed by atoms with Crippen molar-refractivity contribution in [2.45, 2.75) is 44.6 Å². The van der Waals surface area contributed by atoms with Crippen molar-refractivity contribution in [3.63, 3.8) is 0 Å². The number of rotatable bonds is 5. The fourth-order valence-electron chi connectivity index (χ4n) is 5.06. The van der Waals surface area contributed by atoms with Gasteiger partial charge in [0.25, 0.3) is 11.8 Å². The molecule has 0 radical (unpaired) electrons. The summed E-state index contributed by atoms with van der Waals surface area (Å²) in [7, 11) is 0. The minimum atomic E-state index is -0.391. The minimum Gasteiger partial charge on any atom is -0.365 e. The number of pyridine rings is 1. The Labute approximate surface area is 192 Å². The summed E-state index contributed by atoms with van der Waals surface area (Å²) in [4.78, 5) is 35.0.